The van der Waals surface area contributed by atoms with Crippen LogP contribution >= 0.6 is 11.6 Å². The molecule has 3 aromatic rings. The van der Waals surface area contributed by atoms with Gasteiger partial charge in [0.05, 0.1) is 5.69 Å². The summed E-state index contributed by atoms with van der Waals surface area (Å²) >= 11 is 6.27. The minimum absolute atomic E-state index is 0.185. The van der Waals surface area contributed by atoms with Crippen molar-refractivity contribution in [3.8, 4) is 22.6 Å². The first kappa shape index (κ1) is 17.0. The van der Waals surface area contributed by atoms with E-state index in [0.29, 0.717) is 16.5 Å². The Morgan fingerprint density at radius 2 is 1.85 bits per heavy atom. The molecule has 0 unspecified atom stereocenters. The van der Waals surface area contributed by atoms with Crippen molar-refractivity contribution in [2.75, 3.05) is 13.1 Å². The van der Waals surface area contributed by atoms with Gasteiger partial charge in [0.1, 0.15) is 5.82 Å². The molecule has 1 N–H and O–H groups in total. The van der Waals surface area contributed by atoms with E-state index in [9.17, 15) is 4.79 Å². The van der Waals surface area contributed by atoms with Gasteiger partial charge in [0.2, 0.25) is 0 Å². The number of nitrogens with one attached hydrogen (secondary N) is 1. The molecule has 1 aliphatic heterocycles. The highest BCUT2D eigenvalue weighted by Crippen LogP contribution is 2.26. The molecule has 1 fully saturated rings. The molecule has 0 radical (unpaired) electrons. The van der Waals surface area contributed by atoms with Crippen LogP contribution in [0.15, 0.2) is 59.4 Å². The zero-order valence-corrected chi connectivity index (χ0v) is 15.2. The SMILES string of the molecule is O=c1cc(-c2ccccc2Cl)nc(-c2cccc(CN3CCCC3)c2)[nH]1. The predicted octanol–water partition coefficient (Wildman–Crippen LogP) is 4.35. The zero-order valence-electron chi connectivity index (χ0n) is 14.4. The summed E-state index contributed by atoms with van der Waals surface area (Å²) in [6, 6.07) is 17.1. The van der Waals surface area contributed by atoms with Gasteiger partial charge in [-0.1, -0.05) is 48.0 Å². The molecule has 2 aromatic carbocycles. The number of hydrogen-bond acceptors (Lipinski definition) is 3. The van der Waals surface area contributed by atoms with Crippen LogP contribution in [0.25, 0.3) is 22.6 Å². The van der Waals surface area contributed by atoms with E-state index in [4.69, 9.17) is 11.6 Å². The fraction of sp³-hybridized carbons (Fsp3) is 0.238. The Kier molecular flexibility index (Phi) is 4.87. The number of likely N-dealkylation sites (tertiary alicyclic amines) is 1. The third-order valence-corrected chi connectivity index (χ3v) is 5.03. The predicted molar refractivity (Wildman–Crippen MR) is 105 cm³/mol. The highest BCUT2D eigenvalue weighted by Gasteiger charge is 2.13. The van der Waals surface area contributed by atoms with Crippen LogP contribution in [0.1, 0.15) is 18.4 Å². The first-order chi connectivity index (χ1) is 12.7. The smallest absolute Gasteiger partial charge is 0.251 e. The summed E-state index contributed by atoms with van der Waals surface area (Å²) in [5.74, 6) is 0.565. The maximum absolute atomic E-state index is 12.2. The summed E-state index contributed by atoms with van der Waals surface area (Å²) in [4.78, 5) is 22.1. The first-order valence-electron chi connectivity index (χ1n) is 8.87. The Labute approximate surface area is 157 Å². The van der Waals surface area contributed by atoms with Crippen LogP contribution in [-0.4, -0.2) is 28.0 Å². The Morgan fingerprint density at radius 3 is 2.65 bits per heavy atom. The molecule has 1 saturated heterocycles. The lowest BCUT2D eigenvalue weighted by Gasteiger charge is -2.15. The van der Waals surface area contributed by atoms with Gasteiger partial charge >= 0.3 is 0 Å². The third-order valence-electron chi connectivity index (χ3n) is 4.70. The van der Waals surface area contributed by atoms with E-state index in [1.54, 1.807) is 6.07 Å². The minimum Gasteiger partial charge on any atom is -0.306 e. The molecule has 5 heteroatoms. The van der Waals surface area contributed by atoms with Gasteiger partial charge in [-0.3, -0.25) is 9.69 Å². The first-order valence-corrected chi connectivity index (χ1v) is 9.25. The Bertz CT molecular complexity index is 977. The second kappa shape index (κ2) is 7.44. The summed E-state index contributed by atoms with van der Waals surface area (Å²) in [5.41, 5.74) is 3.30. The number of benzene rings is 2. The number of hydrogen-bond donors (Lipinski definition) is 1. The molecular formula is C21H20ClN3O. The molecular weight excluding hydrogens is 346 g/mol. The molecule has 0 bridgehead atoms. The van der Waals surface area contributed by atoms with E-state index < -0.39 is 0 Å². The normalized spacial score (nSPS) is 14.7. The van der Waals surface area contributed by atoms with Gasteiger partial charge in [0, 0.05) is 28.8 Å². The second-order valence-electron chi connectivity index (χ2n) is 6.64. The molecule has 0 spiro atoms. The maximum Gasteiger partial charge on any atom is 0.251 e. The van der Waals surface area contributed by atoms with E-state index in [0.717, 1.165) is 30.8 Å². The fourth-order valence-corrected chi connectivity index (χ4v) is 3.65. The second-order valence-corrected chi connectivity index (χ2v) is 7.05. The number of aromatic amines is 1. The van der Waals surface area contributed by atoms with Crippen LogP contribution in [-0.2, 0) is 6.54 Å². The Hall–Kier alpha value is -2.43. The minimum atomic E-state index is -0.185. The van der Waals surface area contributed by atoms with Crippen molar-refractivity contribution < 1.29 is 0 Å². The molecule has 132 valence electrons. The average molecular weight is 366 g/mol. The van der Waals surface area contributed by atoms with Crippen LogP contribution < -0.4 is 5.56 Å². The Balaban J connectivity index is 1.70. The van der Waals surface area contributed by atoms with E-state index in [-0.39, 0.29) is 5.56 Å². The molecule has 0 amide bonds. The quantitative estimate of drug-likeness (QED) is 0.747. The van der Waals surface area contributed by atoms with Crippen molar-refractivity contribution in [1.29, 1.82) is 0 Å². The summed E-state index contributed by atoms with van der Waals surface area (Å²) in [7, 11) is 0. The van der Waals surface area contributed by atoms with Crippen molar-refractivity contribution in [1.82, 2.24) is 14.9 Å². The zero-order chi connectivity index (χ0) is 17.9. The molecule has 2 heterocycles. The van der Waals surface area contributed by atoms with Crippen LogP contribution in [0.3, 0.4) is 0 Å². The van der Waals surface area contributed by atoms with E-state index in [1.165, 1.54) is 24.5 Å². The number of H-pyrrole nitrogens is 1. The Morgan fingerprint density at radius 1 is 1.04 bits per heavy atom. The molecule has 4 rings (SSSR count). The monoisotopic (exact) mass is 365 g/mol. The van der Waals surface area contributed by atoms with Crippen LogP contribution in [0.5, 0.6) is 0 Å². The lowest BCUT2D eigenvalue weighted by atomic mass is 10.1. The van der Waals surface area contributed by atoms with E-state index in [2.05, 4.69) is 27.0 Å². The van der Waals surface area contributed by atoms with Crippen molar-refractivity contribution in [2.45, 2.75) is 19.4 Å². The van der Waals surface area contributed by atoms with Crippen molar-refractivity contribution >= 4 is 11.6 Å². The molecule has 4 nitrogen and oxygen atoms in total. The molecule has 0 atom stereocenters. The van der Waals surface area contributed by atoms with Gasteiger partial charge in [-0.15, -0.1) is 0 Å². The fourth-order valence-electron chi connectivity index (χ4n) is 3.42. The third kappa shape index (κ3) is 3.71. The number of halogens is 1. The molecule has 0 aliphatic carbocycles. The molecule has 1 aliphatic rings. The van der Waals surface area contributed by atoms with Gasteiger partial charge in [-0.2, -0.15) is 0 Å². The highest BCUT2D eigenvalue weighted by molar-refractivity contribution is 6.33. The topological polar surface area (TPSA) is 49.0 Å². The summed E-state index contributed by atoms with van der Waals surface area (Å²) in [6.07, 6.45) is 2.54. The maximum atomic E-state index is 12.2. The number of rotatable bonds is 4. The summed E-state index contributed by atoms with van der Waals surface area (Å²) in [6.45, 7) is 3.24. The van der Waals surface area contributed by atoms with Crippen molar-refractivity contribution in [2.24, 2.45) is 0 Å². The van der Waals surface area contributed by atoms with Gasteiger partial charge in [-0.25, -0.2) is 4.98 Å². The van der Waals surface area contributed by atoms with Gasteiger partial charge in [0.15, 0.2) is 0 Å². The highest BCUT2D eigenvalue weighted by atomic mass is 35.5. The van der Waals surface area contributed by atoms with Crippen LogP contribution in [0.4, 0.5) is 0 Å². The van der Waals surface area contributed by atoms with Crippen molar-refractivity contribution in [3.63, 3.8) is 0 Å². The van der Waals surface area contributed by atoms with Gasteiger partial charge < -0.3 is 4.98 Å². The van der Waals surface area contributed by atoms with Crippen LogP contribution in [0.2, 0.25) is 5.02 Å². The standard InChI is InChI=1S/C21H20ClN3O/c22-18-9-2-1-8-17(18)19-13-20(26)24-21(23-19)16-7-5-6-15(12-16)14-25-10-3-4-11-25/h1-2,5-9,12-13H,3-4,10-11,14H2,(H,23,24,26). The van der Waals surface area contributed by atoms with Crippen LogP contribution in [0, 0.1) is 0 Å². The van der Waals surface area contributed by atoms with Gasteiger partial charge in [-0.05, 0) is 43.6 Å². The van der Waals surface area contributed by atoms with E-state index in [1.807, 2.05) is 30.3 Å². The largest absolute Gasteiger partial charge is 0.306 e. The lowest BCUT2D eigenvalue weighted by Crippen LogP contribution is -2.18. The van der Waals surface area contributed by atoms with E-state index >= 15 is 0 Å². The summed E-state index contributed by atoms with van der Waals surface area (Å²) in [5, 5.41) is 0.583. The average Bonchev–Trinajstić information content (AvgIpc) is 3.15. The lowest BCUT2D eigenvalue weighted by molar-refractivity contribution is 0.331. The van der Waals surface area contributed by atoms with Gasteiger partial charge in [0.25, 0.3) is 5.56 Å². The summed E-state index contributed by atoms with van der Waals surface area (Å²) < 4.78 is 0. The molecule has 26 heavy (non-hydrogen) atoms. The van der Waals surface area contributed by atoms with Crippen molar-refractivity contribution in [3.05, 3.63) is 75.5 Å². The number of nitrogens with zero attached hydrogens (tertiary/aromatic N) is 2. The number of aromatic nitrogens is 2. The molecule has 0 saturated carbocycles. The molecule has 1 aromatic heterocycles.